The lowest BCUT2D eigenvalue weighted by Crippen LogP contribution is -2.02. The number of aromatic nitrogens is 2. The summed E-state index contributed by atoms with van der Waals surface area (Å²) in [4.78, 5) is 0. The highest BCUT2D eigenvalue weighted by Gasteiger charge is 1.98. The van der Waals surface area contributed by atoms with E-state index in [4.69, 9.17) is 0 Å². The smallest absolute Gasteiger partial charge is 0.0651 e. The van der Waals surface area contributed by atoms with Crippen molar-refractivity contribution in [3.63, 3.8) is 0 Å². The SMILES string of the molecule is CC(=Cc1ccccc1)CNc1ccc2[nH]ncc2c1. The van der Waals surface area contributed by atoms with Gasteiger partial charge in [-0.3, -0.25) is 5.10 Å². The van der Waals surface area contributed by atoms with Crippen molar-refractivity contribution in [1.29, 1.82) is 0 Å². The van der Waals surface area contributed by atoms with Gasteiger partial charge in [0.15, 0.2) is 0 Å². The molecule has 0 radical (unpaired) electrons. The number of nitrogens with zero attached hydrogens (tertiary/aromatic N) is 1. The van der Waals surface area contributed by atoms with Gasteiger partial charge in [0, 0.05) is 17.6 Å². The Morgan fingerprint density at radius 2 is 2.05 bits per heavy atom. The first-order valence-corrected chi connectivity index (χ1v) is 6.70. The maximum atomic E-state index is 4.03. The number of rotatable bonds is 4. The normalized spacial score (nSPS) is 11.8. The molecule has 0 atom stereocenters. The topological polar surface area (TPSA) is 40.7 Å². The fourth-order valence-corrected chi connectivity index (χ4v) is 2.18. The molecule has 0 aliphatic rings. The van der Waals surface area contributed by atoms with Crippen LogP contribution >= 0.6 is 0 Å². The molecule has 0 amide bonds. The van der Waals surface area contributed by atoms with Gasteiger partial charge in [-0.05, 0) is 30.7 Å². The van der Waals surface area contributed by atoms with Crippen molar-refractivity contribution in [2.75, 3.05) is 11.9 Å². The Kier molecular flexibility index (Phi) is 3.50. The zero-order chi connectivity index (χ0) is 13.8. The van der Waals surface area contributed by atoms with E-state index in [9.17, 15) is 0 Å². The molecule has 100 valence electrons. The minimum Gasteiger partial charge on any atom is -0.381 e. The van der Waals surface area contributed by atoms with Gasteiger partial charge in [-0.2, -0.15) is 5.10 Å². The van der Waals surface area contributed by atoms with E-state index < -0.39 is 0 Å². The molecule has 3 aromatic rings. The van der Waals surface area contributed by atoms with E-state index in [0.29, 0.717) is 0 Å². The van der Waals surface area contributed by atoms with Crippen LogP contribution in [0.15, 0.2) is 60.3 Å². The second-order valence-corrected chi connectivity index (χ2v) is 4.93. The van der Waals surface area contributed by atoms with Crippen LogP contribution in [0, 0.1) is 0 Å². The summed E-state index contributed by atoms with van der Waals surface area (Å²) in [7, 11) is 0. The highest BCUT2D eigenvalue weighted by atomic mass is 15.1. The molecule has 1 aromatic heterocycles. The van der Waals surface area contributed by atoms with Gasteiger partial charge in [-0.15, -0.1) is 0 Å². The molecule has 3 heteroatoms. The van der Waals surface area contributed by atoms with Crippen molar-refractivity contribution < 1.29 is 0 Å². The van der Waals surface area contributed by atoms with E-state index in [-0.39, 0.29) is 0 Å². The number of benzene rings is 2. The lowest BCUT2D eigenvalue weighted by molar-refractivity contribution is 1.12. The first kappa shape index (κ1) is 12.5. The lowest BCUT2D eigenvalue weighted by atomic mass is 10.1. The standard InChI is InChI=1S/C17H17N3/c1-13(9-14-5-3-2-4-6-14)11-18-16-7-8-17-15(10-16)12-19-20-17/h2-10,12,18H,11H2,1H3,(H,19,20). The van der Waals surface area contributed by atoms with Gasteiger partial charge in [-0.25, -0.2) is 0 Å². The molecule has 0 bridgehead atoms. The van der Waals surface area contributed by atoms with Crippen LogP contribution in [-0.4, -0.2) is 16.7 Å². The zero-order valence-electron chi connectivity index (χ0n) is 11.4. The van der Waals surface area contributed by atoms with Crippen LogP contribution in [0.4, 0.5) is 5.69 Å². The zero-order valence-corrected chi connectivity index (χ0v) is 11.4. The van der Waals surface area contributed by atoms with Crippen molar-refractivity contribution in [2.45, 2.75) is 6.92 Å². The molecule has 0 unspecified atom stereocenters. The maximum absolute atomic E-state index is 4.03. The molecule has 2 N–H and O–H groups in total. The lowest BCUT2D eigenvalue weighted by Gasteiger charge is -2.07. The summed E-state index contributed by atoms with van der Waals surface area (Å²) in [6.07, 6.45) is 4.04. The van der Waals surface area contributed by atoms with Gasteiger partial charge in [-0.1, -0.05) is 42.0 Å². The van der Waals surface area contributed by atoms with Gasteiger partial charge in [0.05, 0.1) is 11.7 Å². The number of fused-ring (bicyclic) bond motifs is 1. The maximum Gasteiger partial charge on any atom is 0.0651 e. The molecule has 0 saturated heterocycles. The largest absolute Gasteiger partial charge is 0.381 e. The molecule has 0 aliphatic carbocycles. The van der Waals surface area contributed by atoms with E-state index in [1.807, 2.05) is 18.3 Å². The quantitative estimate of drug-likeness (QED) is 0.744. The Labute approximate surface area is 118 Å². The first-order valence-electron chi connectivity index (χ1n) is 6.70. The van der Waals surface area contributed by atoms with Crippen LogP contribution in [0.3, 0.4) is 0 Å². The van der Waals surface area contributed by atoms with E-state index >= 15 is 0 Å². The van der Waals surface area contributed by atoms with Crippen LogP contribution in [0.2, 0.25) is 0 Å². The molecule has 0 spiro atoms. The molecule has 1 heterocycles. The molecule has 3 rings (SSSR count). The third-order valence-electron chi connectivity index (χ3n) is 3.22. The van der Waals surface area contributed by atoms with E-state index in [1.54, 1.807) is 0 Å². The van der Waals surface area contributed by atoms with Gasteiger partial charge < -0.3 is 5.32 Å². The van der Waals surface area contributed by atoms with Crippen molar-refractivity contribution in [2.24, 2.45) is 0 Å². The van der Waals surface area contributed by atoms with Crippen LogP contribution in [0.1, 0.15) is 12.5 Å². The molecule has 20 heavy (non-hydrogen) atoms. The number of aromatic amines is 1. The number of anilines is 1. The van der Waals surface area contributed by atoms with Crippen molar-refractivity contribution >= 4 is 22.7 Å². The summed E-state index contributed by atoms with van der Waals surface area (Å²) in [6.45, 7) is 2.97. The second kappa shape index (κ2) is 5.61. The number of hydrogen-bond acceptors (Lipinski definition) is 2. The predicted octanol–water partition coefficient (Wildman–Crippen LogP) is 4.08. The predicted molar refractivity (Wildman–Crippen MR) is 84.7 cm³/mol. The van der Waals surface area contributed by atoms with Gasteiger partial charge in [0.25, 0.3) is 0 Å². The third-order valence-corrected chi connectivity index (χ3v) is 3.22. The Bertz CT molecular complexity index is 726. The number of hydrogen-bond donors (Lipinski definition) is 2. The van der Waals surface area contributed by atoms with Crippen molar-refractivity contribution in [3.05, 3.63) is 65.9 Å². The van der Waals surface area contributed by atoms with Gasteiger partial charge in [0.2, 0.25) is 0 Å². The minimum atomic E-state index is 0.832. The molecule has 0 fully saturated rings. The summed E-state index contributed by atoms with van der Waals surface area (Å²) in [6, 6.07) is 16.6. The molecule has 2 aromatic carbocycles. The Hall–Kier alpha value is -2.55. The molecule has 0 saturated carbocycles. The van der Waals surface area contributed by atoms with E-state index in [1.165, 1.54) is 11.1 Å². The second-order valence-electron chi connectivity index (χ2n) is 4.93. The Balaban J connectivity index is 1.68. The molecular weight excluding hydrogens is 246 g/mol. The Morgan fingerprint density at radius 3 is 2.90 bits per heavy atom. The van der Waals surface area contributed by atoms with E-state index in [2.05, 4.69) is 64.9 Å². The van der Waals surface area contributed by atoms with E-state index in [0.717, 1.165) is 23.1 Å². The summed E-state index contributed by atoms with van der Waals surface area (Å²) in [5.74, 6) is 0. The van der Waals surface area contributed by atoms with Crippen LogP contribution in [-0.2, 0) is 0 Å². The van der Waals surface area contributed by atoms with Crippen LogP contribution in [0.5, 0.6) is 0 Å². The fraction of sp³-hybridized carbons (Fsp3) is 0.118. The van der Waals surface area contributed by atoms with Crippen LogP contribution < -0.4 is 5.32 Å². The monoisotopic (exact) mass is 263 g/mol. The van der Waals surface area contributed by atoms with Gasteiger partial charge >= 0.3 is 0 Å². The van der Waals surface area contributed by atoms with Crippen LogP contribution in [0.25, 0.3) is 17.0 Å². The average molecular weight is 263 g/mol. The average Bonchev–Trinajstić information content (AvgIpc) is 2.93. The molecular formula is C17H17N3. The number of H-pyrrole nitrogens is 1. The van der Waals surface area contributed by atoms with Crippen molar-refractivity contribution in [1.82, 2.24) is 10.2 Å². The molecule has 3 nitrogen and oxygen atoms in total. The highest BCUT2D eigenvalue weighted by molar-refractivity contribution is 5.81. The highest BCUT2D eigenvalue weighted by Crippen LogP contribution is 2.17. The summed E-state index contributed by atoms with van der Waals surface area (Å²) >= 11 is 0. The minimum absolute atomic E-state index is 0.832. The van der Waals surface area contributed by atoms with Gasteiger partial charge in [0.1, 0.15) is 0 Å². The molecule has 0 aliphatic heterocycles. The summed E-state index contributed by atoms with van der Waals surface area (Å²) in [5.41, 5.74) is 4.70. The van der Waals surface area contributed by atoms with Crippen molar-refractivity contribution in [3.8, 4) is 0 Å². The summed E-state index contributed by atoms with van der Waals surface area (Å²) < 4.78 is 0. The summed E-state index contributed by atoms with van der Waals surface area (Å²) in [5, 5.41) is 11.5. The number of nitrogens with one attached hydrogen (secondary N) is 2. The third kappa shape index (κ3) is 2.88. The Morgan fingerprint density at radius 1 is 1.20 bits per heavy atom. The fourth-order valence-electron chi connectivity index (χ4n) is 2.18. The first-order chi connectivity index (χ1) is 9.81.